The Kier molecular flexibility index (Phi) is 7.25. The van der Waals surface area contributed by atoms with Gasteiger partial charge in [0.05, 0.1) is 25.3 Å². The van der Waals surface area contributed by atoms with Gasteiger partial charge in [-0.05, 0) is 85.3 Å². The molecule has 3 aromatic rings. The van der Waals surface area contributed by atoms with Crippen LogP contribution < -0.4 is 9.47 Å². The molecule has 1 fully saturated rings. The topological polar surface area (TPSA) is 61.8 Å². The number of hydrogen-bond donors (Lipinski definition) is 0. The largest absolute Gasteiger partial charge is 0.496 e. The maximum absolute atomic E-state index is 12.7. The van der Waals surface area contributed by atoms with Gasteiger partial charge in [-0.15, -0.1) is 0 Å². The van der Waals surface area contributed by atoms with E-state index >= 15 is 0 Å². The first-order valence-electron chi connectivity index (χ1n) is 12.0. The molecule has 1 aliphatic carbocycles. The van der Waals surface area contributed by atoms with Crippen LogP contribution in [0.1, 0.15) is 75.1 Å². The van der Waals surface area contributed by atoms with Crippen molar-refractivity contribution in [2.45, 2.75) is 51.4 Å². The van der Waals surface area contributed by atoms with Crippen LogP contribution in [0.4, 0.5) is 0 Å². The number of hydrogen-bond acceptors (Lipinski definition) is 5. The minimum absolute atomic E-state index is 0.0632. The van der Waals surface area contributed by atoms with E-state index in [2.05, 4.69) is 37.3 Å². The van der Waals surface area contributed by atoms with Crippen LogP contribution in [-0.2, 0) is 10.2 Å². The van der Waals surface area contributed by atoms with Crippen molar-refractivity contribution in [3.8, 4) is 11.5 Å². The average molecular weight is 473 g/mol. The summed E-state index contributed by atoms with van der Waals surface area (Å²) in [5.41, 5.74) is 5.31. The molecule has 0 heterocycles. The van der Waals surface area contributed by atoms with E-state index in [1.54, 1.807) is 31.4 Å². The van der Waals surface area contributed by atoms with Gasteiger partial charge in [-0.2, -0.15) is 0 Å². The van der Waals surface area contributed by atoms with Gasteiger partial charge >= 0.3 is 11.9 Å². The van der Waals surface area contributed by atoms with Gasteiger partial charge in [-0.25, -0.2) is 9.59 Å². The summed E-state index contributed by atoms with van der Waals surface area (Å²) >= 11 is 0. The van der Waals surface area contributed by atoms with Crippen LogP contribution in [0, 0.1) is 13.8 Å². The maximum Gasteiger partial charge on any atom is 0.343 e. The number of ether oxygens (including phenoxy) is 3. The molecule has 0 amide bonds. The summed E-state index contributed by atoms with van der Waals surface area (Å²) in [6, 6.07) is 18.9. The first kappa shape index (κ1) is 24.5. The minimum atomic E-state index is -0.463. The predicted molar refractivity (Wildman–Crippen MR) is 136 cm³/mol. The van der Waals surface area contributed by atoms with Crippen molar-refractivity contribution in [3.63, 3.8) is 0 Å². The molecule has 5 nitrogen and oxygen atoms in total. The molecule has 3 aromatic carbocycles. The highest BCUT2D eigenvalue weighted by atomic mass is 16.5. The second-order valence-electron chi connectivity index (χ2n) is 9.27. The number of aryl methyl sites for hydroxylation is 2. The highest BCUT2D eigenvalue weighted by Crippen LogP contribution is 2.46. The van der Waals surface area contributed by atoms with Crippen LogP contribution in [0.5, 0.6) is 11.5 Å². The molecule has 0 aromatic heterocycles. The summed E-state index contributed by atoms with van der Waals surface area (Å²) in [6.45, 7) is 4.06. The Hall–Kier alpha value is -3.60. The third-order valence-corrected chi connectivity index (χ3v) is 7.13. The van der Waals surface area contributed by atoms with Crippen molar-refractivity contribution in [3.05, 3.63) is 94.0 Å². The fourth-order valence-corrected chi connectivity index (χ4v) is 5.16. The summed E-state index contributed by atoms with van der Waals surface area (Å²) in [6.07, 6.45) is 5.79. The lowest BCUT2D eigenvalue weighted by Gasteiger charge is -2.39. The standard InChI is InChI=1S/C30H32O5/c1-20-18-24(12-14-26(20)33-3)30(16-6-5-7-17-30)25-13-15-27(21(2)19-25)35-29(32)23-10-8-22(9-11-23)28(31)34-4/h8-15,18-19H,5-7,16-17H2,1-4H3. The molecule has 0 unspecified atom stereocenters. The van der Waals surface area contributed by atoms with Crippen molar-refractivity contribution >= 4 is 11.9 Å². The first-order valence-corrected chi connectivity index (χ1v) is 12.0. The number of esters is 2. The molecule has 182 valence electrons. The van der Waals surface area contributed by atoms with E-state index in [4.69, 9.17) is 14.2 Å². The molecule has 1 aliphatic rings. The van der Waals surface area contributed by atoms with E-state index in [9.17, 15) is 9.59 Å². The van der Waals surface area contributed by atoms with E-state index in [1.165, 1.54) is 37.5 Å². The zero-order valence-corrected chi connectivity index (χ0v) is 20.9. The van der Waals surface area contributed by atoms with Gasteiger partial charge in [0.25, 0.3) is 0 Å². The fraction of sp³-hybridized carbons (Fsp3) is 0.333. The van der Waals surface area contributed by atoms with Gasteiger partial charge in [-0.1, -0.05) is 43.5 Å². The molecule has 0 saturated heterocycles. The Morgan fingerprint density at radius 3 is 1.69 bits per heavy atom. The second kappa shape index (κ2) is 10.3. The van der Waals surface area contributed by atoms with Crippen LogP contribution >= 0.6 is 0 Å². The van der Waals surface area contributed by atoms with E-state index in [0.29, 0.717) is 16.9 Å². The van der Waals surface area contributed by atoms with Crippen LogP contribution in [-0.4, -0.2) is 26.2 Å². The molecule has 0 aliphatic heterocycles. The summed E-state index contributed by atoms with van der Waals surface area (Å²) in [5, 5.41) is 0. The molecule has 4 rings (SSSR count). The molecule has 35 heavy (non-hydrogen) atoms. The number of carbonyl (C=O) groups excluding carboxylic acids is 2. The Morgan fingerprint density at radius 1 is 0.686 bits per heavy atom. The minimum Gasteiger partial charge on any atom is -0.496 e. The zero-order valence-electron chi connectivity index (χ0n) is 20.9. The number of benzene rings is 3. The lowest BCUT2D eigenvalue weighted by Crippen LogP contribution is -2.30. The van der Waals surface area contributed by atoms with Gasteiger partial charge in [0.15, 0.2) is 0 Å². The zero-order chi connectivity index (χ0) is 25.0. The smallest absolute Gasteiger partial charge is 0.343 e. The lowest BCUT2D eigenvalue weighted by molar-refractivity contribution is 0.0599. The normalized spacial score (nSPS) is 14.7. The molecule has 0 radical (unpaired) electrons. The molecular formula is C30H32O5. The Labute approximate surface area is 207 Å². The molecule has 0 spiro atoms. The van der Waals surface area contributed by atoms with Gasteiger partial charge < -0.3 is 14.2 Å². The van der Waals surface area contributed by atoms with Crippen LogP contribution in [0.25, 0.3) is 0 Å². The molecule has 1 saturated carbocycles. The van der Waals surface area contributed by atoms with Crippen molar-refractivity contribution in [2.24, 2.45) is 0 Å². The van der Waals surface area contributed by atoms with E-state index in [1.807, 2.05) is 13.0 Å². The molecule has 0 bridgehead atoms. The summed E-state index contributed by atoms with van der Waals surface area (Å²) in [5.74, 6) is 0.529. The summed E-state index contributed by atoms with van der Waals surface area (Å²) in [7, 11) is 3.03. The van der Waals surface area contributed by atoms with Crippen LogP contribution in [0.3, 0.4) is 0 Å². The van der Waals surface area contributed by atoms with Crippen LogP contribution in [0.15, 0.2) is 60.7 Å². The summed E-state index contributed by atoms with van der Waals surface area (Å²) < 4.78 is 15.9. The number of carbonyl (C=O) groups is 2. The van der Waals surface area contributed by atoms with Crippen molar-refractivity contribution in [2.75, 3.05) is 14.2 Å². The fourth-order valence-electron chi connectivity index (χ4n) is 5.16. The highest BCUT2D eigenvalue weighted by Gasteiger charge is 2.36. The highest BCUT2D eigenvalue weighted by molar-refractivity contribution is 5.94. The Morgan fingerprint density at radius 2 is 1.20 bits per heavy atom. The van der Waals surface area contributed by atoms with Crippen molar-refractivity contribution < 1.29 is 23.8 Å². The van der Waals surface area contributed by atoms with Crippen molar-refractivity contribution in [1.82, 2.24) is 0 Å². The van der Waals surface area contributed by atoms with E-state index in [-0.39, 0.29) is 5.41 Å². The first-order chi connectivity index (χ1) is 16.9. The van der Waals surface area contributed by atoms with Gasteiger partial charge in [-0.3, -0.25) is 0 Å². The Balaban J connectivity index is 1.61. The monoisotopic (exact) mass is 472 g/mol. The Bertz CT molecular complexity index is 1220. The molecule has 5 heteroatoms. The molecule has 0 N–H and O–H groups in total. The number of rotatable bonds is 6. The van der Waals surface area contributed by atoms with Crippen LogP contribution in [0.2, 0.25) is 0 Å². The van der Waals surface area contributed by atoms with Crippen molar-refractivity contribution in [1.29, 1.82) is 0 Å². The quantitative estimate of drug-likeness (QED) is 0.300. The number of methoxy groups -OCH3 is 2. The SMILES string of the molecule is COC(=O)c1ccc(C(=O)Oc2ccc(C3(c4ccc(OC)c(C)c4)CCCCC3)cc2C)cc1. The predicted octanol–water partition coefficient (Wildman–Crippen LogP) is 6.57. The molecular weight excluding hydrogens is 440 g/mol. The maximum atomic E-state index is 12.7. The molecule has 0 atom stereocenters. The average Bonchev–Trinajstić information content (AvgIpc) is 2.89. The lowest BCUT2D eigenvalue weighted by atomic mass is 9.65. The third-order valence-electron chi connectivity index (χ3n) is 7.13. The second-order valence-corrected chi connectivity index (χ2v) is 9.27. The third kappa shape index (κ3) is 4.95. The summed E-state index contributed by atoms with van der Waals surface area (Å²) in [4.78, 5) is 24.4. The van der Waals surface area contributed by atoms with Gasteiger partial charge in [0, 0.05) is 5.41 Å². The van der Waals surface area contributed by atoms with Gasteiger partial charge in [0.1, 0.15) is 11.5 Å². The van der Waals surface area contributed by atoms with Gasteiger partial charge in [0.2, 0.25) is 0 Å². The van der Waals surface area contributed by atoms with E-state index < -0.39 is 11.9 Å². The van der Waals surface area contributed by atoms with E-state index in [0.717, 1.165) is 29.7 Å².